The van der Waals surface area contributed by atoms with Gasteiger partial charge in [0, 0.05) is 36.4 Å². The molecule has 3 N–H and O–H groups in total. The third-order valence-electron chi connectivity index (χ3n) is 4.95. The number of primary amides is 1. The smallest absolute Gasteiger partial charge is 0.490 e. The number of carbonyl (C=O) groups excluding carboxylic acids is 1. The van der Waals surface area contributed by atoms with E-state index in [0.29, 0.717) is 13.2 Å². The number of hydrogen-bond donors (Lipinski definition) is 2. The van der Waals surface area contributed by atoms with Crippen molar-refractivity contribution in [2.24, 2.45) is 11.7 Å². The van der Waals surface area contributed by atoms with Crippen molar-refractivity contribution in [3.05, 3.63) is 23.6 Å². The second-order valence-corrected chi connectivity index (χ2v) is 8.03. The van der Waals surface area contributed by atoms with Crippen LogP contribution in [0.1, 0.15) is 19.3 Å². The Kier molecular flexibility index (Phi) is 7.44. The zero-order chi connectivity index (χ0) is 23.3. The molecule has 0 aliphatic carbocycles. The van der Waals surface area contributed by atoms with Crippen LogP contribution >= 0.6 is 11.3 Å². The van der Waals surface area contributed by atoms with E-state index in [-0.39, 0.29) is 11.8 Å². The Labute approximate surface area is 185 Å². The van der Waals surface area contributed by atoms with Crippen LogP contribution in [0, 0.1) is 5.92 Å². The minimum atomic E-state index is -5.08. The molecule has 0 unspecified atom stereocenters. The van der Waals surface area contributed by atoms with E-state index >= 15 is 0 Å². The van der Waals surface area contributed by atoms with Gasteiger partial charge in [0.15, 0.2) is 16.6 Å². The highest BCUT2D eigenvalue weighted by molar-refractivity contribution is 7.14. The first-order valence-electron chi connectivity index (χ1n) is 9.85. The number of carboxylic acids is 1. The van der Waals surface area contributed by atoms with Crippen LogP contribution in [0.4, 0.5) is 18.3 Å². The fraction of sp³-hybridized carbons (Fsp3) is 0.450. The number of halogens is 3. The van der Waals surface area contributed by atoms with Crippen molar-refractivity contribution in [2.45, 2.75) is 25.4 Å². The maximum Gasteiger partial charge on any atom is 0.490 e. The number of nitrogens with zero attached hydrogens (tertiary/aromatic N) is 2. The first kappa shape index (κ1) is 23.6. The van der Waals surface area contributed by atoms with Gasteiger partial charge >= 0.3 is 12.1 Å². The number of rotatable bonds is 3. The summed E-state index contributed by atoms with van der Waals surface area (Å²) >= 11 is 1.63. The van der Waals surface area contributed by atoms with Crippen LogP contribution < -0.4 is 20.1 Å². The lowest BCUT2D eigenvalue weighted by molar-refractivity contribution is -0.192. The number of ether oxygens (including phenoxy) is 2. The zero-order valence-corrected chi connectivity index (χ0v) is 17.7. The van der Waals surface area contributed by atoms with Crippen molar-refractivity contribution >= 4 is 28.3 Å². The molecule has 1 saturated heterocycles. The lowest BCUT2D eigenvalue weighted by Crippen LogP contribution is -2.38. The highest BCUT2D eigenvalue weighted by atomic mass is 32.1. The van der Waals surface area contributed by atoms with E-state index in [1.165, 1.54) is 0 Å². The van der Waals surface area contributed by atoms with E-state index < -0.39 is 12.1 Å². The van der Waals surface area contributed by atoms with Crippen LogP contribution in [0.25, 0.3) is 11.3 Å². The van der Waals surface area contributed by atoms with Crippen molar-refractivity contribution in [1.82, 2.24) is 4.98 Å². The maximum absolute atomic E-state index is 11.3. The Morgan fingerprint density at radius 3 is 2.38 bits per heavy atom. The number of carboxylic acid groups (broad SMARTS) is 1. The molecule has 0 saturated carbocycles. The summed E-state index contributed by atoms with van der Waals surface area (Å²) in [4.78, 5) is 27.2. The van der Waals surface area contributed by atoms with Crippen molar-refractivity contribution in [1.29, 1.82) is 0 Å². The van der Waals surface area contributed by atoms with E-state index in [9.17, 15) is 18.0 Å². The molecule has 12 heteroatoms. The van der Waals surface area contributed by atoms with Crippen molar-refractivity contribution < 1.29 is 37.3 Å². The normalized spacial score (nSPS) is 16.5. The standard InChI is InChI=1S/C18H21N3O3S.C2HF3O2/c19-17(22)12-4-6-21(7-5-12)18-20-14(11-25-18)13-2-3-15-16(10-13)24-9-1-8-23-15;3-2(4,5)1(6)7/h2-3,10-12H,1,4-9H2,(H2,19,22);(H,6,7). The van der Waals surface area contributed by atoms with Gasteiger partial charge < -0.3 is 25.2 Å². The molecular formula is C20H22F3N3O5S. The van der Waals surface area contributed by atoms with Gasteiger partial charge in [-0.2, -0.15) is 13.2 Å². The van der Waals surface area contributed by atoms with Gasteiger partial charge in [0.05, 0.1) is 18.9 Å². The average molecular weight is 473 g/mol. The first-order valence-corrected chi connectivity index (χ1v) is 10.7. The molecule has 0 bridgehead atoms. The fourth-order valence-electron chi connectivity index (χ4n) is 3.22. The van der Waals surface area contributed by atoms with Crippen LogP contribution in [0.3, 0.4) is 0 Å². The van der Waals surface area contributed by atoms with Crippen LogP contribution in [-0.2, 0) is 9.59 Å². The zero-order valence-electron chi connectivity index (χ0n) is 16.9. The molecular weight excluding hydrogens is 451 g/mol. The van der Waals surface area contributed by atoms with Crippen molar-refractivity contribution in [3.63, 3.8) is 0 Å². The predicted molar refractivity (Wildman–Crippen MR) is 111 cm³/mol. The highest BCUT2D eigenvalue weighted by Gasteiger charge is 2.38. The molecule has 2 aliphatic rings. The Morgan fingerprint density at radius 1 is 1.16 bits per heavy atom. The molecule has 0 radical (unpaired) electrons. The topological polar surface area (TPSA) is 115 Å². The molecule has 2 aromatic rings. The van der Waals surface area contributed by atoms with Crippen LogP contribution in [0.2, 0.25) is 0 Å². The number of fused-ring (bicyclic) bond motifs is 1. The monoisotopic (exact) mass is 473 g/mol. The van der Waals surface area contributed by atoms with Crippen LogP contribution in [0.15, 0.2) is 23.6 Å². The first-order chi connectivity index (χ1) is 15.1. The van der Waals surface area contributed by atoms with E-state index in [1.807, 2.05) is 18.2 Å². The second kappa shape index (κ2) is 10.1. The van der Waals surface area contributed by atoms with Crippen LogP contribution in [-0.4, -0.2) is 54.4 Å². The molecule has 0 atom stereocenters. The van der Waals surface area contributed by atoms with Gasteiger partial charge in [-0.05, 0) is 31.0 Å². The number of nitrogens with two attached hydrogens (primary N) is 1. The quantitative estimate of drug-likeness (QED) is 0.703. The molecule has 174 valence electrons. The summed E-state index contributed by atoms with van der Waals surface area (Å²) in [5, 5.41) is 10.2. The maximum atomic E-state index is 11.3. The highest BCUT2D eigenvalue weighted by Crippen LogP contribution is 2.36. The molecule has 1 aromatic carbocycles. The third kappa shape index (κ3) is 6.02. The van der Waals surface area contributed by atoms with Gasteiger partial charge in [-0.15, -0.1) is 11.3 Å². The number of aromatic nitrogens is 1. The molecule has 0 spiro atoms. The molecule has 2 aliphatic heterocycles. The Morgan fingerprint density at radius 2 is 1.78 bits per heavy atom. The van der Waals surface area contributed by atoms with E-state index in [2.05, 4.69) is 10.3 Å². The number of alkyl halides is 3. The predicted octanol–water partition coefficient (Wildman–Crippen LogP) is 3.31. The summed E-state index contributed by atoms with van der Waals surface area (Å²) in [6.45, 7) is 3.01. The Bertz CT molecular complexity index is 958. The van der Waals surface area contributed by atoms with Crippen molar-refractivity contribution in [2.75, 3.05) is 31.2 Å². The van der Waals surface area contributed by atoms with Crippen molar-refractivity contribution in [3.8, 4) is 22.8 Å². The molecule has 4 rings (SSSR count). The number of hydrogen-bond acceptors (Lipinski definition) is 7. The summed E-state index contributed by atoms with van der Waals surface area (Å²) in [6.07, 6.45) is -2.59. The molecule has 3 heterocycles. The lowest BCUT2D eigenvalue weighted by Gasteiger charge is -2.30. The Balaban J connectivity index is 0.000000360. The largest absolute Gasteiger partial charge is 0.490 e. The van der Waals surface area contributed by atoms with E-state index in [4.69, 9.17) is 30.1 Å². The number of thiazole rings is 1. The van der Waals surface area contributed by atoms with Gasteiger partial charge in [-0.1, -0.05) is 0 Å². The molecule has 1 fully saturated rings. The van der Waals surface area contributed by atoms with Gasteiger partial charge in [0.2, 0.25) is 5.91 Å². The third-order valence-corrected chi connectivity index (χ3v) is 5.85. The molecule has 1 aromatic heterocycles. The molecule has 32 heavy (non-hydrogen) atoms. The summed E-state index contributed by atoms with van der Waals surface area (Å²) in [5.74, 6) is -1.37. The van der Waals surface area contributed by atoms with Gasteiger partial charge in [0.1, 0.15) is 0 Å². The summed E-state index contributed by atoms with van der Waals surface area (Å²) in [5.41, 5.74) is 7.37. The summed E-state index contributed by atoms with van der Waals surface area (Å²) in [6, 6.07) is 5.97. The second-order valence-electron chi connectivity index (χ2n) is 7.19. The van der Waals surface area contributed by atoms with Gasteiger partial charge in [-0.3, -0.25) is 4.79 Å². The number of aliphatic carboxylic acids is 1. The number of piperidine rings is 1. The van der Waals surface area contributed by atoms with Gasteiger partial charge in [0.25, 0.3) is 0 Å². The number of benzene rings is 1. The summed E-state index contributed by atoms with van der Waals surface area (Å²) < 4.78 is 43.2. The van der Waals surface area contributed by atoms with E-state index in [0.717, 1.165) is 60.2 Å². The lowest BCUT2D eigenvalue weighted by atomic mass is 9.97. The minimum absolute atomic E-state index is 0.00240. The SMILES string of the molecule is NC(=O)C1CCN(c2nc(-c3ccc4c(c3)OCCCO4)cs2)CC1.O=C(O)C(F)(F)F. The van der Waals surface area contributed by atoms with Crippen LogP contribution in [0.5, 0.6) is 11.5 Å². The number of anilines is 1. The molecule has 1 amide bonds. The Hall–Kier alpha value is -3.02. The summed E-state index contributed by atoms with van der Waals surface area (Å²) in [7, 11) is 0. The molecule has 8 nitrogen and oxygen atoms in total. The number of amides is 1. The van der Waals surface area contributed by atoms with Gasteiger partial charge in [-0.25, -0.2) is 9.78 Å². The fourth-order valence-corrected chi connectivity index (χ4v) is 4.11. The number of carbonyl (C=O) groups is 2. The minimum Gasteiger partial charge on any atom is -0.490 e. The van der Waals surface area contributed by atoms with E-state index in [1.54, 1.807) is 11.3 Å². The average Bonchev–Trinajstić information content (AvgIpc) is 3.12.